The molecule has 0 N–H and O–H groups in total. The maximum absolute atomic E-state index is 12.9. The molecule has 0 amide bonds. The van der Waals surface area contributed by atoms with E-state index in [1.165, 1.54) is 257 Å². The van der Waals surface area contributed by atoms with Gasteiger partial charge in [0.25, 0.3) is 0 Å². The minimum atomic E-state index is -0.769. The zero-order valence-corrected chi connectivity index (χ0v) is 54.3. The van der Waals surface area contributed by atoms with Crippen molar-refractivity contribution in [3.8, 4) is 0 Å². The van der Waals surface area contributed by atoms with Crippen molar-refractivity contribution < 1.29 is 28.6 Å². The summed E-state index contributed by atoms with van der Waals surface area (Å²) in [6.45, 7) is 6.54. The highest BCUT2D eigenvalue weighted by molar-refractivity contribution is 5.71. The van der Waals surface area contributed by atoms with Gasteiger partial charge in [0.1, 0.15) is 13.2 Å². The summed E-state index contributed by atoms with van der Waals surface area (Å²) in [7, 11) is 0. The lowest BCUT2D eigenvalue weighted by Crippen LogP contribution is -2.30. The Balaban J connectivity index is 3.99. The van der Waals surface area contributed by atoms with Gasteiger partial charge in [0.2, 0.25) is 0 Å². The van der Waals surface area contributed by atoms with Crippen LogP contribution >= 0.6 is 0 Å². The first kappa shape index (κ1) is 78.1. The highest BCUT2D eigenvalue weighted by atomic mass is 16.6. The minimum Gasteiger partial charge on any atom is -0.462 e. The van der Waals surface area contributed by atoms with Gasteiger partial charge in [-0.25, -0.2) is 0 Å². The molecule has 0 aliphatic rings. The molecule has 0 rings (SSSR count). The molecule has 0 saturated carbocycles. The quantitative estimate of drug-likeness (QED) is 0.0261. The van der Waals surface area contributed by atoms with E-state index in [9.17, 15) is 14.4 Å². The molecule has 1 atom stereocenters. The molecule has 6 nitrogen and oxygen atoms in total. The van der Waals surface area contributed by atoms with Crippen LogP contribution in [0.25, 0.3) is 0 Å². The van der Waals surface area contributed by atoms with Gasteiger partial charge in [0, 0.05) is 19.3 Å². The monoisotopic (exact) mass is 1130 g/mol. The van der Waals surface area contributed by atoms with E-state index in [1.54, 1.807) is 0 Å². The molecule has 0 saturated heterocycles. The number of hydrogen-bond donors (Lipinski definition) is 0. The summed E-state index contributed by atoms with van der Waals surface area (Å²) >= 11 is 0. The molecule has 0 fully saturated rings. The van der Waals surface area contributed by atoms with Crippen molar-refractivity contribution in [3.63, 3.8) is 0 Å². The second-order valence-corrected chi connectivity index (χ2v) is 24.1. The number of ether oxygens (including phenoxy) is 3. The van der Waals surface area contributed by atoms with E-state index >= 15 is 0 Å². The lowest BCUT2D eigenvalue weighted by atomic mass is 10.0. The van der Waals surface area contributed by atoms with Gasteiger partial charge in [-0.3, -0.25) is 14.4 Å². The van der Waals surface area contributed by atoms with Gasteiger partial charge in [-0.15, -0.1) is 0 Å². The third kappa shape index (κ3) is 67.8. The van der Waals surface area contributed by atoms with Gasteiger partial charge >= 0.3 is 17.9 Å². The predicted octanol–water partition coefficient (Wildman–Crippen LogP) is 24.7. The Bertz CT molecular complexity index is 1440. The third-order valence-electron chi connectivity index (χ3n) is 16.0. The first-order chi connectivity index (χ1) is 40.0. The Labute approximate surface area is 504 Å². The second kappa shape index (κ2) is 69.6. The van der Waals surface area contributed by atoms with Crippen LogP contribution in [0, 0.1) is 0 Å². The van der Waals surface area contributed by atoms with E-state index in [1.807, 2.05) is 0 Å². The summed E-state index contributed by atoms with van der Waals surface area (Å²) in [6, 6.07) is 0. The van der Waals surface area contributed by atoms with Gasteiger partial charge in [0.05, 0.1) is 0 Å². The van der Waals surface area contributed by atoms with E-state index in [-0.39, 0.29) is 31.1 Å². The molecule has 0 aliphatic heterocycles. The normalized spacial score (nSPS) is 12.4. The van der Waals surface area contributed by atoms with Crippen LogP contribution < -0.4 is 0 Å². The highest BCUT2D eigenvalue weighted by Crippen LogP contribution is 2.18. The number of rotatable bonds is 66. The summed E-state index contributed by atoms with van der Waals surface area (Å²) in [5.74, 6) is -0.852. The predicted molar refractivity (Wildman–Crippen MR) is 353 cm³/mol. The Morgan fingerprint density at radius 1 is 0.259 bits per heavy atom. The van der Waals surface area contributed by atoms with Crippen molar-refractivity contribution >= 4 is 17.9 Å². The lowest BCUT2D eigenvalue weighted by molar-refractivity contribution is -0.167. The molecule has 6 heteroatoms. The first-order valence-electron chi connectivity index (χ1n) is 35.8. The number of unbranched alkanes of at least 4 members (excludes halogenated alkanes) is 45. The fraction of sp³-hybridized carbons (Fsp3) is 0.827. The van der Waals surface area contributed by atoms with Crippen molar-refractivity contribution in [2.45, 2.75) is 386 Å². The number of carbonyl (C=O) groups is 3. The van der Waals surface area contributed by atoms with Crippen LogP contribution in [0.2, 0.25) is 0 Å². The zero-order valence-electron chi connectivity index (χ0n) is 54.3. The summed E-state index contributed by atoms with van der Waals surface area (Å²) < 4.78 is 16.9. The van der Waals surface area contributed by atoms with Crippen LogP contribution in [0.1, 0.15) is 380 Å². The highest BCUT2D eigenvalue weighted by Gasteiger charge is 2.19. The fourth-order valence-corrected chi connectivity index (χ4v) is 10.7. The summed E-state index contributed by atoms with van der Waals surface area (Å²) in [5.41, 5.74) is 0. The summed E-state index contributed by atoms with van der Waals surface area (Å²) in [5, 5.41) is 0. The Morgan fingerprint density at radius 2 is 0.481 bits per heavy atom. The van der Waals surface area contributed by atoms with E-state index in [0.717, 1.165) is 83.5 Å². The molecule has 0 aliphatic carbocycles. The molecule has 0 spiro atoms. The smallest absolute Gasteiger partial charge is 0.306 e. The van der Waals surface area contributed by atoms with E-state index in [4.69, 9.17) is 14.2 Å². The number of allylic oxidation sites excluding steroid dienone is 10. The zero-order chi connectivity index (χ0) is 58.5. The third-order valence-corrected chi connectivity index (χ3v) is 16.0. The molecular weight excluding hydrogens is 997 g/mol. The number of hydrogen-bond acceptors (Lipinski definition) is 6. The lowest BCUT2D eigenvalue weighted by Gasteiger charge is -2.18. The second-order valence-electron chi connectivity index (χ2n) is 24.1. The van der Waals surface area contributed by atoms with Crippen LogP contribution in [0.4, 0.5) is 0 Å². The average Bonchev–Trinajstić information content (AvgIpc) is 3.47. The van der Waals surface area contributed by atoms with Crippen molar-refractivity contribution in [2.75, 3.05) is 13.2 Å². The molecule has 0 bridgehead atoms. The number of carbonyl (C=O) groups excluding carboxylic acids is 3. The van der Waals surface area contributed by atoms with Crippen LogP contribution in [0.3, 0.4) is 0 Å². The van der Waals surface area contributed by atoms with Gasteiger partial charge in [0.15, 0.2) is 6.10 Å². The molecule has 472 valence electrons. The van der Waals surface area contributed by atoms with Crippen molar-refractivity contribution in [2.24, 2.45) is 0 Å². The summed E-state index contributed by atoms with van der Waals surface area (Å²) in [4.78, 5) is 38.2. The van der Waals surface area contributed by atoms with Crippen LogP contribution in [0.5, 0.6) is 0 Å². The minimum absolute atomic E-state index is 0.0684. The largest absolute Gasteiger partial charge is 0.462 e. The van der Waals surface area contributed by atoms with Crippen molar-refractivity contribution in [1.29, 1.82) is 0 Å². The first-order valence-corrected chi connectivity index (χ1v) is 35.8. The number of esters is 3. The van der Waals surface area contributed by atoms with E-state index < -0.39 is 6.10 Å². The van der Waals surface area contributed by atoms with Crippen LogP contribution in [-0.4, -0.2) is 37.2 Å². The van der Waals surface area contributed by atoms with Crippen LogP contribution in [0.15, 0.2) is 60.8 Å². The van der Waals surface area contributed by atoms with Crippen molar-refractivity contribution in [1.82, 2.24) is 0 Å². The van der Waals surface area contributed by atoms with Gasteiger partial charge in [-0.05, 0) is 83.5 Å². The van der Waals surface area contributed by atoms with Gasteiger partial charge < -0.3 is 14.2 Å². The molecular formula is C75H136O6. The van der Waals surface area contributed by atoms with Gasteiger partial charge in [-0.2, -0.15) is 0 Å². The molecule has 0 aromatic heterocycles. The average molecular weight is 1130 g/mol. The summed E-state index contributed by atoms with van der Waals surface area (Å²) in [6.07, 6.45) is 90.1. The van der Waals surface area contributed by atoms with Crippen LogP contribution in [-0.2, 0) is 28.6 Å². The molecule has 0 radical (unpaired) electrons. The maximum atomic E-state index is 12.9. The topological polar surface area (TPSA) is 78.9 Å². The van der Waals surface area contributed by atoms with E-state index in [0.29, 0.717) is 19.3 Å². The van der Waals surface area contributed by atoms with Crippen molar-refractivity contribution in [3.05, 3.63) is 60.8 Å². The van der Waals surface area contributed by atoms with E-state index in [2.05, 4.69) is 81.5 Å². The maximum Gasteiger partial charge on any atom is 0.306 e. The molecule has 0 heterocycles. The Hall–Kier alpha value is -2.89. The molecule has 0 aromatic rings. The Kier molecular flexibility index (Phi) is 67.1. The SMILES string of the molecule is CC/C=C\C/C=C\C/C=C\C/C=C\CCCCCCCCCCCCCCCCCCCCCCC(=O)OCC(COC(=O)CCCCCCCCC)OC(=O)CCCCCCCCCCCCC/C=C\CCCCCCCCCC. The fourth-order valence-electron chi connectivity index (χ4n) is 10.7. The molecule has 0 aromatic carbocycles. The molecule has 1 unspecified atom stereocenters. The van der Waals surface area contributed by atoms with Gasteiger partial charge in [-0.1, -0.05) is 338 Å². The molecule has 81 heavy (non-hydrogen) atoms. The Morgan fingerprint density at radius 3 is 0.765 bits per heavy atom. The standard InChI is InChI=1S/C75H136O6/c1-4-7-10-13-16-18-20-22-24-26-28-30-32-33-34-35-36-37-38-39-40-41-43-44-46-48-50-52-54-56-59-62-65-68-74(77)80-71-72(70-79-73(76)67-64-61-58-15-12-9-6-3)81-75(78)69-66-63-60-57-55-53-51-49-47-45-42-31-29-27-25-23-21-19-17-14-11-8-5-2/h7,10,16,18,22,24,27-30,72H,4-6,8-9,11-15,17,19-21,23,25-26,31-71H2,1-3H3/b10-7-,18-16-,24-22-,29-27-,30-28-.